The van der Waals surface area contributed by atoms with Gasteiger partial charge in [0.15, 0.2) is 0 Å². The summed E-state index contributed by atoms with van der Waals surface area (Å²) in [6.07, 6.45) is 0. The molecule has 0 spiro atoms. The molecule has 0 bridgehead atoms. The molecule has 388 valence electrons. The summed E-state index contributed by atoms with van der Waals surface area (Å²) in [5.41, 5.74) is 10.1. The van der Waals surface area contributed by atoms with Crippen LogP contribution < -0.4 is 21.8 Å². The molecule has 0 aliphatic carbocycles. The van der Waals surface area contributed by atoms with Crippen molar-refractivity contribution >= 4 is 44.7 Å². The molecule has 5 N–H and O–H groups in total. The van der Waals surface area contributed by atoms with Gasteiger partial charge in [0.25, 0.3) is 17.0 Å². The maximum Gasteiger partial charge on any atom is 0.272 e. The fourth-order valence-electron chi connectivity index (χ4n) is 10.5. The van der Waals surface area contributed by atoms with E-state index in [1.807, 2.05) is 131 Å². The van der Waals surface area contributed by atoms with Crippen LogP contribution in [0.2, 0.25) is 0 Å². The number of anilines is 2. The Morgan fingerprint density at radius 1 is 0.587 bits per heavy atom. The fraction of sp³-hybridized carbons (Fsp3) is 0.311. The number of aromatic nitrogens is 4. The molecule has 11 rings (SSSR count). The van der Waals surface area contributed by atoms with Crippen LogP contribution in [-0.4, -0.2) is 92.3 Å². The number of rotatable bonds is 9. The predicted molar refractivity (Wildman–Crippen MR) is 300 cm³/mol. The normalized spacial score (nSPS) is 17.4. The Hall–Kier alpha value is -7.94. The summed E-state index contributed by atoms with van der Waals surface area (Å²) in [6.45, 7) is 14.7. The van der Waals surface area contributed by atoms with Crippen LogP contribution in [0.4, 0.5) is 11.4 Å². The Bertz CT molecular complexity index is 3370. The lowest BCUT2D eigenvalue weighted by Crippen LogP contribution is -2.51. The van der Waals surface area contributed by atoms with Crippen molar-refractivity contribution in [2.24, 2.45) is 5.92 Å². The zero-order valence-corrected chi connectivity index (χ0v) is 44.2. The summed E-state index contributed by atoms with van der Waals surface area (Å²) < 4.78 is 0. The average molecular weight is 1010 g/mol. The molecular weight excluding hydrogens is 939 g/mol. The minimum absolute atomic E-state index is 0.0114. The zero-order valence-electron chi connectivity index (χ0n) is 44.2. The van der Waals surface area contributed by atoms with E-state index < -0.39 is 0 Å². The van der Waals surface area contributed by atoms with Crippen molar-refractivity contribution in [2.75, 3.05) is 50.9 Å². The van der Waals surface area contributed by atoms with Crippen LogP contribution in [0.25, 0.3) is 21.5 Å². The lowest BCUT2D eigenvalue weighted by atomic mass is 9.79. The first-order valence-electron chi connectivity index (χ1n) is 26.2. The number of nitrogens with zero attached hydrogens (tertiary/aromatic N) is 5. The van der Waals surface area contributed by atoms with Gasteiger partial charge >= 0.3 is 0 Å². The first-order valence-corrected chi connectivity index (χ1v) is 26.2. The van der Waals surface area contributed by atoms with Gasteiger partial charge in [-0.2, -0.15) is 10.2 Å². The molecule has 0 saturated carbocycles. The largest absolute Gasteiger partial charge is 0.392 e. The van der Waals surface area contributed by atoms with Gasteiger partial charge in [-0.15, -0.1) is 0 Å². The van der Waals surface area contributed by atoms with Crippen molar-refractivity contribution in [2.45, 2.75) is 78.6 Å². The van der Waals surface area contributed by atoms with E-state index in [2.05, 4.69) is 98.6 Å². The van der Waals surface area contributed by atoms with Gasteiger partial charge < -0.3 is 30.4 Å². The lowest BCUT2D eigenvalue weighted by Gasteiger charge is -2.36. The minimum atomic E-state index is -0.251. The Kier molecular flexibility index (Phi) is 17.0. The van der Waals surface area contributed by atoms with E-state index in [1.54, 1.807) is 11.0 Å². The average Bonchev–Trinajstić information content (AvgIpc) is 3.45. The number of H-pyrrole nitrogens is 2. The highest BCUT2D eigenvalue weighted by atomic mass is 16.3. The predicted octanol–water partition coefficient (Wildman–Crippen LogP) is 9.99. The molecule has 5 heterocycles. The van der Waals surface area contributed by atoms with E-state index in [1.165, 1.54) is 16.7 Å². The standard InChI is InChI=1S/C32H33N5O4.C25H24N4O.2C2H6/c1-19(2)31(40)36-14-16-37(17-15-36)32(41)23-12-10-21(11-13-23)26-28(22-8-6-20(18-38)7-9-22)33-25-5-3-4-24-27(25)29(26)34-35-30(24)39;1-29(2)15-16-8-6-11-18(14-16)21-23(17-9-4-3-5-10-17)26-20-13-7-12-19-22(20)24(21)27-28-25(19)30;2*1-2/h3-13,19,26,28,33,38H,14-18H2,1-2H3,(H,35,39);3-14,21,23,26H,15H2,1-2H3,(H,28,30);2*1-2H3. The highest BCUT2D eigenvalue weighted by Crippen LogP contribution is 2.48. The Balaban J connectivity index is 0.000000195. The Morgan fingerprint density at radius 3 is 1.59 bits per heavy atom. The van der Waals surface area contributed by atoms with Gasteiger partial charge in [-0.1, -0.05) is 145 Å². The highest BCUT2D eigenvalue weighted by Gasteiger charge is 2.37. The van der Waals surface area contributed by atoms with E-state index in [0.717, 1.165) is 56.8 Å². The van der Waals surface area contributed by atoms with Gasteiger partial charge in [-0.3, -0.25) is 19.2 Å². The number of benzene rings is 6. The number of carbonyl (C=O) groups excluding carboxylic acids is 2. The molecule has 1 saturated heterocycles. The molecule has 3 aliphatic heterocycles. The number of nitrogens with one attached hydrogen (secondary N) is 4. The number of hydrogen-bond donors (Lipinski definition) is 5. The second kappa shape index (κ2) is 23.9. The molecule has 3 aliphatic rings. The fourth-order valence-corrected chi connectivity index (χ4v) is 10.5. The second-order valence-electron chi connectivity index (χ2n) is 19.2. The topological polar surface area (TPSA) is 180 Å². The molecule has 2 amide bonds. The SMILES string of the molecule is CC.CC.CC(C)C(=O)N1CCN(C(=O)c2ccc(C3c4n[nH]c(=O)c5cccc(c45)NC3c3ccc(CO)cc3)cc2)CC1.CN(C)Cc1cccc(C2c3n[nH]c(=O)c4cccc(c34)NC2c2ccccc2)c1. The monoisotopic (exact) mass is 1010 g/mol. The van der Waals surface area contributed by atoms with Gasteiger partial charge in [-0.05, 0) is 83.9 Å². The number of aliphatic hydroxyl groups excluding tert-OH is 1. The van der Waals surface area contributed by atoms with Gasteiger partial charge in [0.05, 0.1) is 52.7 Å². The van der Waals surface area contributed by atoms with Gasteiger partial charge in [0, 0.05) is 66.4 Å². The van der Waals surface area contributed by atoms with Crippen LogP contribution in [-0.2, 0) is 17.9 Å². The highest BCUT2D eigenvalue weighted by molar-refractivity contribution is 5.99. The summed E-state index contributed by atoms with van der Waals surface area (Å²) in [5, 5.41) is 34.4. The quantitative estimate of drug-likeness (QED) is 0.0935. The van der Waals surface area contributed by atoms with Crippen molar-refractivity contribution in [3.05, 3.63) is 211 Å². The van der Waals surface area contributed by atoms with Crippen molar-refractivity contribution in [1.82, 2.24) is 35.1 Å². The molecule has 4 unspecified atom stereocenters. The van der Waals surface area contributed by atoms with E-state index in [0.29, 0.717) is 42.5 Å². The summed E-state index contributed by atoms with van der Waals surface area (Å²) in [6, 6.07) is 45.8. The molecular formula is C61H69N9O5. The molecule has 0 radical (unpaired) electrons. The summed E-state index contributed by atoms with van der Waals surface area (Å²) in [7, 11) is 4.15. The van der Waals surface area contributed by atoms with Crippen molar-refractivity contribution in [1.29, 1.82) is 0 Å². The van der Waals surface area contributed by atoms with Crippen LogP contribution in [0.3, 0.4) is 0 Å². The molecule has 14 nitrogen and oxygen atoms in total. The number of hydrogen-bond acceptors (Lipinski definition) is 10. The summed E-state index contributed by atoms with van der Waals surface area (Å²) in [4.78, 5) is 56.5. The third kappa shape index (κ3) is 11.1. The van der Waals surface area contributed by atoms with Crippen LogP contribution in [0.15, 0.2) is 149 Å². The second-order valence-corrected chi connectivity index (χ2v) is 19.2. The van der Waals surface area contributed by atoms with Crippen molar-refractivity contribution < 1.29 is 14.7 Å². The summed E-state index contributed by atoms with van der Waals surface area (Å²) >= 11 is 0. The molecule has 14 heteroatoms. The molecule has 4 atom stereocenters. The van der Waals surface area contributed by atoms with Crippen molar-refractivity contribution in [3.8, 4) is 0 Å². The molecule has 2 aromatic heterocycles. The number of aliphatic hydroxyl groups is 1. The molecule has 75 heavy (non-hydrogen) atoms. The number of aromatic amines is 2. The number of amides is 2. The van der Waals surface area contributed by atoms with Crippen LogP contribution in [0.5, 0.6) is 0 Å². The maximum absolute atomic E-state index is 13.3. The maximum atomic E-state index is 13.3. The van der Waals surface area contributed by atoms with Gasteiger partial charge in [0.1, 0.15) is 0 Å². The third-order valence-electron chi connectivity index (χ3n) is 13.9. The van der Waals surface area contributed by atoms with Crippen LogP contribution in [0, 0.1) is 5.92 Å². The van der Waals surface area contributed by atoms with E-state index in [-0.39, 0.29) is 59.4 Å². The van der Waals surface area contributed by atoms with Crippen molar-refractivity contribution in [3.63, 3.8) is 0 Å². The van der Waals surface area contributed by atoms with Crippen LogP contribution >= 0.6 is 0 Å². The summed E-state index contributed by atoms with van der Waals surface area (Å²) in [5.74, 6) is -0.265. The van der Waals surface area contributed by atoms with E-state index in [9.17, 15) is 24.3 Å². The van der Waals surface area contributed by atoms with Crippen LogP contribution in [0.1, 0.15) is 121 Å². The number of piperazine rings is 1. The first-order chi connectivity index (χ1) is 36.5. The molecule has 8 aromatic rings. The van der Waals surface area contributed by atoms with E-state index >= 15 is 0 Å². The smallest absolute Gasteiger partial charge is 0.272 e. The third-order valence-corrected chi connectivity index (χ3v) is 13.9. The molecule has 6 aromatic carbocycles. The first kappa shape index (κ1) is 53.4. The van der Waals surface area contributed by atoms with Gasteiger partial charge in [0.2, 0.25) is 5.91 Å². The zero-order chi connectivity index (χ0) is 53.3. The van der Waals surface area contributed by atoms with Gasteiger partial charge in [-0.25, -0.2) is 10.2 Å². The molecule has 1 fully saturated rings. The lowest BCUT2D eigenvalue weighted by molar-refractivity contribution is -0.135. The Morgan fingerprint density at radius 2 is 1.07 bits per heavy atom. The number of carbonyl (C=O) groups is 2. The Labute approximate surface area is 438 Å². The minimum Gasteiger partial charge on any atom is -0.392 e. The van der Waals surface area contributed by atoms with E-state index in [4.69, 9.17) is 0 Å².